The van der Waals surface area contributed by atoms with Crippen LogP contribution in [-0.4, -0.2) is 16.6 Å². The van der Waals surface area contributed by atoms with Crippen molar-refractivity contribution in [3.8, 4) is 0 Å². The molecule has 1 aliphatic rings. The highest BCUT2D eigenvalue weighted by Gasteiger charge is 2.25. The monoisotopic (exact) mass is 278 g/mol. The third kappa shape index (κ3) is 2.36. The van der Waals surface area contributed by atoms with E-state index in [0.717, 1.165) is 16.8 Å². The molecule has 0 aliphatic heterocycles. The zero-order valence-corrected chi connectivity index (χ0v) is 11.8. The number of carbonyl (C=O) groups excluding carboxylic acids is 2. The zero-order valence-electron chi connectivity index (χ0n) is 11.8. The summed E-state index contributed by atoms with van der Waals surface area (Å²) in [5.41, 5.74) is 3.96. The maximum atomic E-state index is 12.4. The Labute approximate surface area is 122 Å². The number of hydrogen-bond acceptors (Lipinski definition) is 4. The molecule has 0 fully saturated rings. The van der Waals surface area contributed by atoms with Crippen molar-refractivity contribution in [1.29, 1.82) is 0 Å². The number of Topliss-reactive ketones (excluding diaryl/α,β-unsaturated/α-hetero) is 1. The maximum absolute atomic E-state index is 12.4. The van der Waals surface area contributed by atoms with Crippen LogP contribution in [0.3, 0.4) is 0 Å². The van der Waals surface area contributed by atoms with Crippen LogP contribution in [0.2, 0.25) is 0 Å². The van der Waals surface area contributed by atoms with Gasteiger partial charge in [0.05, 0.1) is 11.3 Å². The summed E-state index contributed by atoms with van der Waals surface area (Å²) in [4.78, 5) is 28.5. The van der Waals surface area contributed by atoms with E-state index in [-0.39, 0.29) is 17.3 Å². The van der Waals surface area contributed by atoms with E-state index in [1.807, 2.05) is 32.0 Å². The lowest BCUT2D eigenvalue weighted by Crippen LogP contribution is -2.22. The van der Waals surface area contributed by atoms with Gasteiger partial charge in [-0.25, -0.2) is 0 Å². The van der Waals surface area contributed by atoms with Gasteiger partial charge in [-0.05, 0) is 37.1 Å². The van der Waals surface area contributed by atoms with Gasteiger partial charge in [0.1, 0.15) is 0 Å². The first-order valence-electron chi connectivity index (χ1n) is 6.65. The molecule has 21 heavy (non-hydrogen) atoms. The number of benzene rings is 1. The molecule has 0 bridgehead atoms. The molecule has 0 amide bonds. The standard InChI is InChI=1S/C17H14N2O2/c1-10-3-4-11(2)14(7-10)19-15-8-16(20)12-5-6-18-9-13(12)17(15)21/h3-9,19H,1-2H3. The lowest BCUT2D eigenvalue weighted by Gasteiger charge is -2.17. The van der Waals surface area contributed by atoms with Crippen LogP contribution in [0.15, 0.2) is 48.4 Å². The third-order valence-corrected chi connectivity index (χ3v) is 3.51. The highest BCUT2D eigenvalue weighted by atomic mass is 16.1. The van der Waals surface area contributed by atoms with Crippen LogP contribution in [0.5, 0.6) is 0 Å². The molecule has 4 heteroatoms. The number of fused-ring (bicyclic) bond motifs is 1. The summed E-state index contributed by atoms with van der Waals surface area (Å²) in [6.45, 7) is 3.93. The highest BCUT2D eigenvalue weighted by Crippen LogP contribution is 2.24. The Morgan fingerprint density at radius 2 is 1.86 bits per heavy atom. The number of allylic oxidation sites excluding steroid dienone is 2. The van der Waals surface area contributed by atoms with Gasteiger partial charge in [-0.1, -0.05) is 12.1 Å². The topological polar surface area (TPSA) is 59.1 Å². The Balaban J connectivity index is 1.99. The number of rotatable bonds is 2. The Kier molecular flexibility index (Phi) is 3.14. The quantitative estimate of drug-likeness (QED) is 0.917. The molecule has 4 nitrogen and oxygen atoms in total. The highest BCUT2D eigenvalue weighted by molar-refractivity contribution is 6.25. The number of hydrogen-bond donors (Lipinski definition) is 1. The molecular weight excluding hydrogens is 264 g/mol. The van der Waals surface area contributed by atoms with Crippen LogP contribution in [0.4, 0.5) is 5.69 Å². The van der Waals surface area contributed by atoms with Crippen LogP contribution in [0.1, 0.15) is 31.8 Å². The van der Waals surface area contributed by atoms with Gasteiger partial charge in [0.25, 0.3) is 0 Å². The number of nitrogens with one attached hydrogen (secondary N) is 1. The second kappa shape index (κ2) is 4.98. The molecule has 1 aromatic carbocycles. The fourth-order valence-electron chi connectivity index (χ4n) is 2.32. The van der Waals surface area contributed by atoms with E-state index in [1.54, 1.807) is 6.07 Å². The molecule has 0 unspecified atom stereocenters. The molecule has 3 rings (SSSR count). The molecule has 1 N–H and O–H groups in total. The minimum atomic E-state index is -0.210. The molecule has 104 valence electrons. The van der Waals surface area contributed by atoms with Gasteiger partial charge in [0.15, 0.2) is 5.78 Å². The van der Waals surface area contributed by atoms with Crippen molar-refractivity contribution in [2.24, 2.45) is 0 Å². The molecule has 1 aromatic heterocycles. The smallest absolute Gasteiger partial charge is 0.211 e. The normalized spacial score (nSPS) is 13.7. The molecule has 0 spiro atoms. The first-order valence-corrected chi connectivity index (χ1v) is 6.65. The number of anilines is 1. The van der Waals surface area contributed by atoms with Gasteiger partial charge in [-0.2, -0.15) is 0 Å². The van der Waals surface area contributed by atoms with Crippen molar-refractivity contribution in [3.63, 3.8) is 0 Å². The Morgan fingerprint density at radius 3 is 2.67 bits per heavy atom. The van der Waals surface area contributed by atoms with Crippen molar-refractivity contribution in [1.82, 2.24) is 4.98 Å². The van der Waals surface area contributed by atoms with Crippen molar-refractivity contribution in [2.45, 2.75) is 13.8 Å². The summed E-state index contributed by atoms with van der Waals surface area (Å²) in [5.74, 6) is -0.390. The summed E-state index contributed by atoms with van der Waals surface area (Å²) in [7, 11) is 0. The van der Waals surface area contributed by atoms with Gasteiger partial charge < -0.3 is 5.32 Å². The predicted molar refractivity (Wildman–Crippen MR) is 80.5 cm³/mol. The minimum absolute atomic E-state index is 0.181. The van der Waals surface area contributed by atoms with E-state index < -0.39 is 0 Å². The fraction of sp³-hybridized carbons (Fsp3) is 0.118. The van der Waals surface area contributed by atoms with Crippen LogP contribution in [0.25, 0.3) is 0 Å². The lowest BCUT2D eigenvalue weighted by molar-refractivity contribution is 0.0985. The second-order valence-electron chi connectivity index (χ2n) is 5.12. The number of pyridine rings is 1. The van der Waals surface area contributed by atoms with Crippen molar-refractivity contribution >= 4 is 17.3 Å². The van der Waals surface area contributed by atoms with Crippen molar-refractivity contribution < 1.29 is 9.59 Å². The first-order chi connectivity index (χ1) is 10.1. The van der Waals surface area contributed by atoms with E-state index in [1.165, 1.54) is 18.5 Å². The number of aryl methyl sites for hydroxylation is 2. The summed E-state index contributed by atoms with van der Waals surface area (Å²) >= 11 is 0. The molecule has 0 radical (unpaired) electrons. The van der Waals surface area contributed by atoms with Gasteiger partial charge in [-0.3, -0.25) is 14.6 Å². The summed E-state index contributed by atoms with van der Waals surface area (Å²) < 4.78 is 0. The molecule has 0 saturated heterocycles. The Morgan fingerprint density at radius 1 is 1.05 bits per heavy atom. The van der Waals surface area contributed by atoms with Crippen LogP contribution >= 0.6 is 0 Å². The van der Waals surface area contributed by atoms with E-state index >= 15 is 0 Å². The largest absolute Gasteiger partial charge is 0.352 e. The van der Waals surface area contributed by atoms with Gasteiger partial charge in [0.2, 0.25) is 5.78 Å². The first kappa shape index (κ1) is 13.2. The zero-order chi connectivity index (χ0) is 15.0. The SMILES string of the molecule is Cc1ccc(C)c(NC2=CC(=O)c3ccncc3C2=O)c1. The van der Waals surface area contributed by atoms with Gasteiger partial charge in [-0.15, -0.1) is 0 Å². The lowest BCUT2D eigenvalue weighted by atomic mass is 9.94. The molecule has 1 heterocycles. The van der Waals surface area contributed by atoms with Crippen LogP contribution in [-0.2, 0) is 0 Å². The average Bonchev–Trinajstić information content (AvgIpc) is 2.48. The summed E-state index contributed by atoms with van der Waals surface area (Å²) in [6.07, 6.45) is 4.31. The van der Waals surface area contributed by atoms with E-state index in [9.17, 15) is 9.59 Å². The van der Waals surface area contributed by atoms with E-state index in [4.69, 9.17) is 0 Å². The number of aromatic nitrogens is 1. The van der Waals surface area contributed by atoms with Crippen molar-refractivity contribution in [2.75, 3.05) is 5.32 Å². The van der Waals surface area contributed by atoms with E-state index in [0.29, 0.717) is 11.1 Å². The molecule has 1 aliphatic carbocycles. The third-order valence-electron chi connectivity index (χ3n) is 3.51. The van der Waals surface area contributed by atoms with E-state index in [2.05, 4.69) is 10.3 Å². The van der Waals surface area contributed by atoms with Crippen molar-refractivity contribution in [3.05, 3.63) is 70.7 Å². The Bertz CT molecular complexity index is 791. The molecule has 0 atom stereocenters. The summed E-state index contributed by atoms with van der Waals surface area (Å²) in [5, 5.41) is 3.07. The van der Waals surface area contributed by atoms with Gasteiger partial charge >= 0.3 is 0 Å². The maximum Gasteiger partial charge on any atom is 0.211 e. The number of nitrogens with zero attached hydrogens (tertiary/aromatic N) is 1. The van der Waals surface area contributed by atoms with Crippen LogP contribution in [0, 0.1) is 13.8 Å². The number of carbonyl (C=O) groups is 2. The fourth-order valence-corrected chi connectivity index (χ4v) is 2.32. The molecule has 2 aromatic rings. The Hall–Kier alpha value is -2.75. The number of ketones is 2. The second-order valence-corrected chi connectivity index (χ2v) is 5.12. The van der Waals surface area contributed by atoms with Crippen LogP contribution < -0.4 is 5.32 Å². The average molecular weight is 278 g/mol. The summed E-state index contributed by atoms with van der Waals surface area (Å²) in [6, 6.07) is 7.50. The molecular formula is C17H14N2O2. The molecule has 0 saturated carbocycles. The van der Waals surface area contributed by atoms with Gasteiger partial charge in [0, 0.05) is 29.7 Å². The minimum Gasteiger partial charge on any atom is -0.352 e. The predicted octanol–water partition coefficient (Wildman–Crippen LogP) is 3.07.